The molecule has 0 unspecified atom stereocenters. The average Bonchev–Trinajstić information content (AvgIpc) is 2.68. The highest BCUT2D eigenvalue weighted by atomic mass is 31.2. The molecule has 0 bridgehead atoms. The number of methoxy groups -OCH3 is 1. The van der Waals surface area contributed by atoms with E-state index in [2.05, 4.69) is 51.3 Å². The molecule has 5 nitrogen and oxygen atoms in total. The maximum atomic E-state index is 10.9. The summed E-state index contributed by atoms with van der Waals surface area (Å²) in [6, 6.07) is 9.74. The maximum absolute atomic E-state index is 10.9. The summed E-state index contributed by atoms with van der Waals surface area (Å²) >= 11 is 0. The molecule has 0 saturated carbocycles. The van der Waals surface area contributed by atoms with Crippen molar-refractivity contribution in [2.75, 3.05) is 7.11 Å². The van der Waals surface area contributed by atoms with Crippen LogP contribution >= 0.6 is 7.82 Å². The van der Waals surface area contributed by atoms with E-state index in [1.807, 2.05) is 18.2 Å². The first kappa shape index (κ1) is 23.7. The fourth-order valence-electron chi connectivity index (χ4n) is 4.38. The number of benzene rings is 2. The Balaban J connectivity index is 1.95. The Labute approximate surface area is 185 Å². The molecule has 3 rings (SSSR count). The SMILES string of the molecule is COc1c(C=Cc2ccc(COP(=O)(O)O)cc2)c(C)cc2c1C(C)(C)CCC2(C)C. The smallest absolute Gasteiger partial charge is 0.469 e. The van der Waals surface area contributed by atoms with Crippen LogP contribution in [0.2, 0.25) is 0 Å². The number of rotatable bonds is 6. The summed E-state index contributed by atoms with van der Waals surface area (Å²) in [6.07, 6.45) is 6.40. The van der Waals surface area contributed by atoms with Gasteiger partial charge >= 0.3 is 7.82 Å². The molecule has 0 saturated heterocycles. The van der Waals surface area contributed by atoms with Gasteiger partial charge in [-0.15, -0.1) is 0 Å². The molecule has 0 aliphatic heterocycles. The number of aryl methyl sites for hydroxylation is 1. The van der Waals surface area contributed by atoms with E-state index in [0.29, 0.717) is 5.56 Å². The Bertz CT molecular complexity index is 1030. The third-order valence-corrected chi connectivity index (χ3v) is 6.80. The molecule has 0 heterocycles. The van der Waals surface area contributed by atoms with Gasteiger partial charge < -0.3 is 14.5 Å². The van der Waals surface area contributed by atoms with Gasteiger partial charge in [0.25, 0.3) is 0 Å². The molecule has 1 aliphatic rings. The van der Waals surface area contributed by atoms with E-state index in [-0.39, 0.29) is 17.4 Å². The van der Waals surface area contributed by atoms with Crippen molar-refractivity contribution < 1.29 is 23.6 Å². The summed E-state index contributed by atoms with van der Waals surface area (Å²) in [5.41, 5.74) is 6.81. The molecule has 2 N–H and O–H groups in total. The summed E-state index contributed by atoms with van der Waals surface area (Å²) in [6.45, 7) is 11.2. The van der Waals surface area contributed by atoms with Crippen molar-refractivity contribution in [1.29, 1.82) is 0 Å². The molecule has 2 aromatic carbocycles. The summed E-state index contributed by atoms with van der Waals surface area (Å²) < 4.78 is 21.4. The van der Waals surface area contributed by atoms with Gasteiger partial charge in [0.05, 0.1) is 13.7 Å². The molecule has 0 fully saturated rings. The van der Waals surface area contributed by atoms with Crippen LogP contribution in [0, 0.1) is 6.92 Å². The van der Waals surface area contributed by atoms with Crippen molar-refractivity contribution in [2.24, 2.45) is 0 Å². The Morgan fingerprint density at radius 2 is 1.65 bits per heavy atom. The molecule has 0 radical (unpaired) electrons. The fraction of sp³-hybridized carbons (Fsp3) is 0.440. The first-order valence-corrected chi connectivity index (χ1v) is 12.1. The van der Waals surface area contributed by atoms with Crippen molar-refractivity contribution in [1.82, 2.24) is 0 Å². The molecule has 0 amide bonds. The maximum Gasteiger partial charge on any atom is 0.469 e. The zero-order valence-electron chi connectivity index (χ0n) is 19.2. The zero-order valence-corrected chi connectivity index (χ0v) is 20.1. The normalized spacial score (nSPS) is 17.5. The zero-order chi connectivity index (χ0) is 23.0. The van der Waals surface area contributed by atoms with Crippen molar-refractivity contribution in [3.63, 3.8) is 0 Å². The Morgan fingerprint density at radius 3 is 2.23 bits per heavy atom. The van der Waals surface area contributed by atoms with E-state index in [1.165, 1.54) is 16.7 Å². The van der Waals surface area contributed by atoms with E-state index >= 15 is 0 Å². The van der Waals surface area contributed by atoms with Gasteiger partial charge in [0.15, 0.2) is 0 Å². The first-order chi connectivity index (χ1) is 14.3. The minimum Gasteiger partial charge on any atom is -0.496 e. The van der Waals surface area contributed by atoms with E-state index in [0.717, 1.165) is 29.7 Å². The number of phosphoric acid groups is 1. The highest BCUT2D eigenvalue weighted by Crippen LogP contribution is 2.51. The van der Waals surface area contributed by atoms with E-state index in [1.54, 1.807) is 19.2 Å². The second kappa shape index (κ2) is 8.55. The molecule has 0 aromatic heterocycles. The molecule has 168 valence electrons. The van der Waals surface area contributed by atoms with Crippen molar-refractivity contribution in [3.05, 3.63) is 63.7 Å². The molecular weight excluding hydrogens is 411 g/mol. The highest BCUT2D eigenvalue weighted by Gasteiger charge is 2.40. The second-order valence-electron chi connectivity index (χ2n) is 9.67. The van der Waals surface area contributed by atoms with Gasteiger partial charge in [-0.25, -0.2) is 4.57 Å². The Morgan fingerprint density at radius 1 is 1.03 bits per heavy atom. The van der Waals surface area contributed by atoms with Crippen molar-refractivity contribution >= 4 is 20.0 Å². The molecule has 31 heavy (non-hydrogen) atoms. The minimum atomic E-state index is -4.47. The fourth-order valence-corrected chi connectivity index (χ4v) is 4.69. The predicted molar refractivity (Wildman–Crippen MR) is 125 cm³/mol. The van der Waals surface area contributed by atoms with E-state index < -0.39 is 7.82 Å². The quantitative estimate of drug-likeness (QED) is 0.414. The molecular formula is C25H33O5P. The number of hydrogen-bond acceptors (Lipinski definition) is 3. The van der Waals surface area contributed by atoms with Crippen LogP contribution in [0.1, 0.15) is 73.9 Å². The van der Waals surface area contributed by atoms with Gasteiger partial charge in [0.2, 0.25) is 0 Å². The lowest BCUT2D eigenvalue weighted by Crippen LogP contribution is -2.34. The third-order valence-electron chi connectivity index (χ3n) is 6.33. The standard InChI is InChI=1S/C25H33O5P/c1-17-15-21-22(25(4,5)14-13-24(21,2)3)23(29-6)20(17)12-11-18-7-9-19(10-8-18)16-30-31(26,27)28/h7-12,15H,13-14,16H2,1-6H3,(H2,26,27,28). The lowest BCUT2D eigenvalue weighted by atomic mass is 9.62. The first-order valence-electron chi connectivity index (χ1n) is 10.5. The summed E-state index contributed by atoms with van der Waals surface area (Å²) in [7, 11) is -2.72. The average molecular weight is 445 g/mol. The third kappa shape index (κ3) is 5.30. The number of hydrogen-bond donors (Lipinski definition) is 2. The predicted octanol–water partition coefficient (Wildman–Crippen LogP) is 6.13. The van der Waals surface area contributed by atoms with Crippen LogP contribution in [-0.4, -0.2) is 16.9 Å². The van der Waals surface area contributed by atoms with E-state index in [4.69, 9.17) is 14.5 Å². The lowest BCUT2D eigenvalue weighted by molar-refractivity contribution is 0.189. The van der Waals surface area contributed by atoms with Gasteiger partial charge in [-0.1, -0.05) is 70.2 Å². The van der Waals surface area contributed by atoms with Crippen molar-refractivity contribution in [3.8, 4) is 5.75 Å². The minimum absolute atomic E-state index is 0.0486. The summed E-state index contributed by atoms with van der Waals surface area (Å²) in [5, 5.41) is 0. The molecule has 6 heteroatoms. The van der Waals surface area contributed by atoms with Crippen molar-refractivity contribution in [2.45, 2.75) is 64.9 Å². The molecule has 0 atom stereocenters. The van der Waals surface area contributed by atoms with Gasteiger partial charge in [0.1, 0.15) is 5.75 Å². The van der Waals surface area contributed by atoms with Crippen LogP contribution < -0.4 is 4.74 Å². The van der Waals surface area contributed by atoms with Gasteiger partial charge in [-0.3, -0.25) is 4.52 Å². The number of fused-ring (bicyclic) bond motifs is 1. The number of ether oxygens (including phenoxy) is 1. The van der Waals surface area contributed by atoms with Gasteiger partial charge in [-0.2, -0.15) is 0 Å². The Hall–Kier alpha value is -1.91. The molecule has 0 spiro atoms. The molecule has 2 aromatic rings. The van der Waals surface area contributed by atoms with Crippen LogP contribution in [0.15, 0.2) is 30.3 Å². The topological polar surface area (TPSA) is 76.0 Å². The number of phosphoric ester groups is 1. The monoisotopic (exact) mass is 444 g/mol. The van der Waals surface area contributed by atoms with E-state index in [9.17, 15) is 4.57 Å². The summed E-state index contributed by atoms with van der Waals surface area (Å²) in [5.74, 6) is 0.954. The molecule has 1 aliphatic carbocycles. The van der Waals surface area contributed by atoms with Crippen LogP contribution in [0.4, 0.5) is 0 Å². The highest BCUT2D eigenvalue weighted by molar-refractivity contribution is 7.46. The lowest BCUT2D eigenvalue weighted by Gasteiger charge is -2.43. The van der Waals surface area contributed by atoms with Crippen LogP contribution in [-0.2, 0) is 26.5 Å². The van der Waals surface area contributed by atoms with Crippen LogP contribution in [0.5, 0.6) is 5.75 Å². The van der Waals surface area contributed by atoms with Gasteiger partial charge in [-0.05, 0) is 52.8 Å². The Kier molecular flexibility index (Phi) is 6.55. The second-order valence-corrected chi connectivity index (χ2v) is 10.9. The van der Waals surface area contributed by atoms with Crippen LogP contribution in [0.3, 0.4) is 0 Å². The van der Waals surface area contributed by atoms with Gasteiger partial charge in [0, 0.05) is 11.1 Å². The summed E-state index contributed by atoms with van der Waals surface area (Å²) in [4.78, 5) is 17.7. The largest absolute Gasteiger partial charge is 0.496 e. The van der Waals surface area contributed by atoms with Crippen LogP contribution in [0.25, 0.3) is 12.2 Å².